The number of halogens is 2. The molecular weight excluding hydrogens is 470 g/mol. The number of nitriles is 1. The zero-order chi connectivity index (χ0) is 21.7. The number of rotatable bonds is 3. The molecule has 1 aromatic carbocycles. The number of carbonyl (C=O) groups is 1. The third-order valence-electron chi connectivity index (χ3n) is 5.11. The third-order valence-corrected chi connectivity index (χ3v) is 5.87. The summed E-state index contributed by atoms with van der Waals surface area (Å²) in [5, 5.41) is 9.49. The van der Waals surface area contributed by atoms with Crippen LogP contribution in [-0.2, 0) is 7.05 Å². The van der Waals surface area contributed by atoms with Crippen LogP contribution in [0.5, 0.6) is 0 Å². The van der Waals surface area contributed by atoms with Crippen LogP contribution in [0.2, 0.25) is 5.02 Å². The standard InChI is InChI=1S/C21H17BrClN5O2/c1-11(2)27-18-16(25-21(27)22)20(30)28(15-8-14(23)10-26(3)19(15)29)17(18)13-6-4-12(9-24)5-7-13/h4-8,10-11,17H,1-3H3. The molecule has 1 unspecified atom stereocenters. The molecule has 1 amide bonds. The maximum absolute atomic E-state index is 13.5. The van der Waals surface area contributed by atoms with Crippen LogP contribution in [0.25, 0.3) is 0 Å². The van der Waals surface area contributed by atoms with Crippen LogP contribution < -0.4 is 10.5 Å². The van der Waals surface area contributed by atoms with Crippen molar-refractivity contribution in [1.82, 2.24) is 14.1 Å². The Morgan fingerprint density at radius 3 is 2.50 bits per heavy atom. The average molecular weight is 487 g/mol. The smallest absolute Gasteiger partial charge is 0.279 e. The largest absolute Gasteiger partial charge is 0.317 e. The van der Waals surface area contributed by atoms with Crippen molar-refractivity contribution in [3.8, 4) is 6.07 Å². The predicted octanol–water partition coefficient (Wildman–Crippen LogP) is 4.20. The van der Waals surface area contributed by atoms with Crippen LogP contribution in [0.3, 0.4) is 0 Å². The second-order valence-corrected chi connectivity index (χ2v) is 8.50. The Morgan fingerprint density at radius 2 is 1.90 bits per heavy atom. The summed E-state index contributed by atoms with van der Waals surface area (Å²) in [4.78, 5) is 32.3. The zero-order valence-corrected chi connectivity index (χ0v) is 18.8. The number of aromatic nitrogens is 3. The van der Waals surface area contributed by atoms with Crippen LogP contribution >= 0.6 is 27.5 Å². The van der Waals surface area contributed by atoms with Gasteiger partial charge in [0.2, 0.25) is 0 Å². The summed E-state index contributed by atoms with van der Waals surface area (Å²) in [5.41, 5.74) is 2.07. The molecule has 0 radical (unpaired) electrons. The van der Waals surface area contributed by atoms with Gasteiger partial charge in [0.25, 0.3) is 11.5 Å². The van der Waals surface area contributed by atoms with Gasteiger partial charge < -0.3 is 9.13 Å². The Hall–Kier alpha value is -2.89. The van der Waals surface area contributed by atoms with Crippen molar-refractivity contribution in [2.45, 2.75) is 25.9 Å². The van der Waals surface area contributed by atoms with Gasteiger partial charge in [-0.05, 0) is 53.5 Å². The second-order valence-electron chi connectivity index (χ2n) is 7.35. The summed E-state index contributed by atoms with van der Waals surface area (Å²) < 4.78 is 3.84. The molecule has 0 saturated heterocycles. The minimum absolute atomic E-state index is 0.0199. The molecule has 152 valence electrons. The first-order valence-electron chi connectivity index (χ1n) is 9.22. The van der Waals surface area contributed by atoms with Crippen LogP contribution in [0.1, 0.15) is 53.2 Å². The summed E-state index contributed by atoms with van der Waals surface area (Å²) in [6, 6.07) is 9.99. The molecule has 1 aliphatic heterocycles. The lowest BCUT2D eigenvalue weighted by Gasteiger charge is -2.27. The first-order chi connectivity index (χ1) is 14.2. The number of amides is 1. The minimum Gasteiger partial charge on any atom is -0.317 e. The predicted molar refractivity (Wildman–Crippen MR) is 117 cm³/mol. The molecule has 7 nitrogen and oxygen atoms in total. The lowest BCUT2D eigenvalue weighted by molar-refractivity contribution is 0.0989. The van der Waals surface area contributed by atoms with Crippen LogP contribution in [0.15, 0.2) is 46.1 Å². The monoisotopic (exact) mass is 485 g/mol. The van der Waals surface area contributed by atoms with Crippen LogP contribution in [-0.4, -0.2) is 20.0 Å². The van der Waals surface area contributed by atoms with Crippen molar-refractivity contribution in [3.63, 3.8) is 0 Å². The number of imidazole rings is 1. The molecule has 0 spiro atoms. The second kappa shape index (κ2) is 7.42. The van der Waals surface area contributed by atoms with E-state index >= 15 is 0 Å². The molecule has 3 aromatic rings. The minimum atomic E-state index is -0.590. The maximum Gasteiger partial charge on any atom is 0.279 e. The molecule has 4 rings (SSSR count). The normalized spacial score (nSPS) is 15.6. The van der Waals surface area contributed by atoms with Gasteiger partial charge in [0.15, 0.2) is 10.4 Å². The summed E-state index contributed by atoms with van der Waals surface area (Å²) in [5.74, 6) is -0.376. The fourth-order valence-electron chi connectivity index (χ4n) is 3.80. The molecule has 0 bridgehead atoms. The fourth-order valence-corrected chi connectivity index (χ4v) is 4.83. The Labute approximate surface area is 186 Å². The van der Waals surface area contributed by atoms with Crippen LogP contribution in [0.4, 0.5) is 5.69 Å². The molecular formula is C21H17BrClN5O2. The molecule has 1 atom stereocenters. The summed E-state index contributed by atoms with van der Waals surface area (Å²) in [6.45, 7) is 3.99. The Morgan fingerprint density at radius 1 is 1.23 bits per heavy atom. The van der Waals surface area contributed by atoms with Gasteiger partial charge in [-0.1, -0.05) is 23.7 Å². The van der Waals surface area contributed by atoms with E-state index in [0.29, 0.717) is 21.0 Å². The average Bonchev–Trinajstić information content (AvgIpc) is 3.18. The molecule has 1 aliphatic rings. The maximum atomic E-state index is 13.5. The summed E-state index contributed by atoms with van der Waals surface area (Å²) >= 11 is 9.67. The highest BCUT2D eigenvalue weighted by molar-refractivity contribution is 9.10. The van der Waals surface area contributed by atoms with Gasteiger partial charge in [-0.15, -0.1) is 0 Å². The third kappa shape index (κ3) is 3.06. The van der Waals surface area contributed by atoms with Gasteiger partial charge in [0, 0.05) is 19.3 Å². The lowest BCUT2D eigenvalue weighted by atomic mass is 10.0. The van der Waals surface area contributed by atoms with Crippen molar-refractivity contribution >= 4 is 39.1 Å². The van der Waals surface area contributed by atoms with Crippen molar-refractivity contribution in [1.29, 1.82) is 5.26 Å². The molecule has 0 fully saturated rings. The van der Waals surface area contributed by atoms with Crippen molar-refractivity contribution in [3.05, 3.63) is 79.2 Å². The van der Waals surface area contributed by atoms with E-state index in [4.69, 9.17) is 16.9 Å². The van der Waals surface area contributed by atoms with Crippen molar-refractivity contribution < 1.29 is 4.79 Å². The topological polar surface area (TPSA) is 83.9 Å². The van der Waals surface area contributed by atoms with Gasteiger partial charge >= 0.3 is 0 Å². The highest BCUT2D eigenvalue weighted by Crippen LogP contribution is 2.43. The van der Waals surface area contributed by atoms with Gasteiger partial charge in [0.05, 0.1) is 22.3 Å². The number of nitrogens with zero attached hydrogens (tertiary/aromatic N) is 5. The highest BCUT2D eigenvalue weighted by atomic mass is 79.9. The number of carbonyl (C=O) groups excluding carboxylic acids is 1. The number of benzene rings is 1. The summed E-state index contributed by atoms with van der Waals surface area (Å²) in [7, 11) is 1.59. The van der Waals surface area contributed by atoms with E-state index in [0.717, 1.165) is 5.56 Å². The number of aryl methyl sites for hydroxylation is 1. The Bertz CT molecular complexity index is 1270. The summed E-state index contributed by atoms with van der Waals surface area (Å²) in [6.07, 6.45) is 1.50. The van der Waals surface area contributed by atoms with E-state index in [-0.39, 0.29) is 28.9 Å². The first kappa shape index (κ1) is 20.4. The lowest BCUT2D eigenvalue weighted by Crippen LogP contribution is -2.35. The number of fused-ring (bicyclic) bond motifs is 1. The van der Waals surface area contributed by atoms with Gasteiger partial charge in [-0.2, -0.15) is 5.26 Å². The van der Waals surface area contributed by atoms with Gasteiger partial charge in [-0.25, -0.2) is 4.98 Å². The zero-order valence-electron chi connectivity index (χ0n) is 16.4. The fraction of sp³-hybridized carbons (Fsp3) is 0.238. The number of pyridine rings is 1. The Kier molecular flexibility index (Phi) is 5.04. The molecule has 0 N–H and O–H groups in total. The van der Waals surface area contributed by atoms with Crippen molar-refractivity contribution in [2.75, 3.05) is 4.90 Å². The molecule has 9 heteroatoms. The molecule has 2 aromatic heterocycles. The van der Waals surface area contributed by atoms with E-state index in [9.17, 15) is 9.59 Å². The van der Waals surface area contributed by atoms with E-state index in [1.807, 2.05) is 18.4 Å². The Balaban J connectivity index is 2.01. The number of anilines is 1. The SMILES string of the molecule is CC(C)n1c(Br)nc2c1C(c1ccc(C#N)cc1)N(c1cc(Cl)cn(C)c1=O)C2=O. The number of hydrogen-bond donors (Lipinski definition) is 0. The molecule has 30 heavy (non-hydrogen) atoms. The first-order valence-corrected chi connectivity index (χ1v) is 10.4. The van der Waals surface area contributed by atoms with Gasteiger partial charge in [-0.3, -0.25) is 14.5 Å². The van der Waals surface area contributed by atoms with E-state index in [1.165, 1.54) is 21.7 Å². The van der Waals surface area contributed by atoms with Gasteiger partial charge in [0.1, 0.15) is 11.7 Å². The molecule has 0 saturated carbocycles. The number of hydrogen-bond acceptors (Lipinski definition) is 4. The van der Waals surface area contributed by atoms with Crippen LogP contribution in [0, 0.1) is 11.3 Å². The quantitative estimate of drug-likeness (QED) is 0.555. The highest BCUT2D eigenvalue weighted by Gasteiger charge is 2.45. The molecule has 3 heterocycles. The van der Waals surface area contributed by atoms with E-state index < -0.39 is 6.04 Å². The van der Waals surface area contributed by atoms with E-state index in [2.05, 4.69) is 27.0 Å². The van der Waals surface area contributed by atoms with E-state index in [1.54, 1.807) is 31.3 Å². The molecule has 0 aliphatic carbocycles. The van der Waals surface area contributed by atoms with Crippen molar-refractivity contribution in [2.24, 2.45) is 7.05 Å².